The molecule has 0 aromatic heterocycles. The molecule has 3 aromatic rings. The van der Waals surface area contributed by atoms with Crippen LogP contribution in [0.25, 0.3) is 0 Å². The monoisotopic (exact) mass is 476 g/mol. The van der Waals surface area contributed by atoms with Crippen LogP contribution >= 0.6 is 11.6 Å². The molecule has 0 atom stereocenters. The topological polar surface area (TPSA) is 162 Å². The highest BCUT2D eigenvalue weighted by Gasteiger charge is 2.20. The van der Waals surface area contributed by atoms with Crippen molar-refractivity contribution >= 4 is 50.3 Å². The lowest BCUT2D eigenvalue weighted by molar-refractivity contribution is -0.385. The first-order valence-electron chi connectivity index (χ1n) is 8.69. The highest BCUT2D eigenvalue weighted by atomic mass is 35.5. The number of nitro groups is 2. The predicted molar refractivity (Wildman–Crippen MR) is 116 cm³/mol. The number of nitrogens with zero attached hydrogens (tertiary/aromatic N) is 2. The maximum Gasteiger partial charge on any atom is 0.271 e. The van der Waals surface area contributed by atoms with Gasteiger partial charge in [0.25, 0.3) is 27.3 Å². The van der Waals surface area contributed by atoms with Crippen LogP contribution in [0, 0.1) is 20.2 Å². The Morgan fingerprint density at radius 2 is 1.41 bits per heavy atom. The Kier molecular flexibility index (Phi) is 6.37. The Morgan fingerprint density at radius 1 is 0.844 bits per heavy atom. The number of nitrogens with one attached hydrogen (secondary N) is 2. The van der Waals surface area contributed by atoms with Gasteiger partial charge >= 0.3 is 0 Å². The van der Waals surface area contributed by atoms with E-state index in [1.54, 1.807) is 0 Å². The van der Waals surface area contributed by atoms with Crippen LogP contribution in [0.5, 0.6) is 0 Å². The Balaban J connectivity index is 1.88. The van der Waals surface area contributed by atoms with E-state index in [1.807, 2.05) is 0 Å². The molecule has 0 radical (unpaired) electrons. The number of anilines is 2. The van der Waals surface area contributed by atoms with Gasteiger partial charge in [-0.1, -0.05) is 23.7 Å². The molecule has 0 aliphatic heterocycles. The fourth-order valence-corrected chi connectivity index (χ4v) is 3.92. The van der Waals surface area contributed by atoms with E-state index in [4.69, 9.17) is 11.6 Å². The zero-order chi connectivity index (χ0) is 23.5. The number of benzene rings is 3. The average Bonchev–Trinajstić information content (AvgIpc) is 2.73. The molecule has 13 heteroatoms. The van der Waals surface area contributed by atoms with Gasteiger partial charge in [-0.15, -0.1) is 0 Å². The lowest BCUT2D eigenvalue weighted by Gasteiger charge is -2.11. The summed E-state index contributed by atoms with van der Waals surface area (Å²) in [5.74, 6) is -0.789. The first kappa shape index (κ1) is 22.7. The van der Waals surface area contributed by atoms with E-state index in [2.05, 4.69) is 10.0 Å². The Hall–Kier alpha value is -4.03. The van der Waals surface area contributed by atoms with E-state index < -0.39 is 25.8 Å². The fourth-order valence-electron chi connectivity index (χ4n) is 2.64. The minimum atomic E-state index is -4.22. The molecule has 3 rings (SSSR count). The number of carbonyl (C=O) groups is 1. The van der Waals surface area contributed by atoms with Gasteiger partial charge < -0.3 is 5.32 Å². The summed E-state index contributed by atoms with van der Waals surface area (Å²) in [6.45, 7) is 0. The van der Waals surface area contributed by atoms with Crippen molar-refractivity contribution in [3.8, 4) is 0 Å². The highest BCUT2D eigenvalue weighted by molar-refractivity contribution is 7.92. The van der Waals surface area contributed by atoms with Crippen molar-refractivity contribution in [1.29, 1.82) is 0 Å². The number of rotatable bonds is 7. The molecule has 0 spiro atoms. The van der Waals surface area contributed by atoms with Crippen LogP contribution < -0.4 is 10.0 Å². The maximum atomic E-state index is 12.7. The third-order valence-electron chi connectivity index (χ3n) is 4.12. The Morgan fingerprint density at radius 3 is 2.00 bits per heavy atom. The molecule has 1 amide bonds. The second kappa shape index (κ2) is 8.99. The third kappa shape index (κ3) is 5.17. The summed E-state index contributed by atoms with van der Waals surface area (Å²) in [4.78, 5) is 32.8. The van der Waals surface area contributed by atoms with Crippen LogP contribution in [-0.2, 0) is 10.0 Å². The third-order valence-corrected chi connectivity index (χ3v) is 5.83. The molecule has 32 heavy (non-hydrogen) atoms. The first-order chi connectivity index (χ1) is 15.1. The molecule has 3 aromatic carbocycles. The summed E-state index contributed by atoms with van der Waals surface area (Å²) < 4.78 is 27.6. The van der Waals surface area contributed by atoms with Crippen LogP contribution in [0.15, 0.2) is 71.6 Å². The number of hydrogen-bond acceptors (Lipinski definition) is 7. The summed E-state index contributed by atoms with van der Waals surface area (Å²) in [5.41, 5.74) is -0.676. The van der Waals surface area contributed by atoms with Crippen molar-refractivity contribution in [1.82, 2.24) is 0 Å². The number of halogens is 1. The smallest absolute Gasteiger partial charge is 0.271 e. The predicted octanol–water partition coefficient (Wildman–Crippen LogP) is 4.21. The van der Waals surface area contributed by atoms with Crippen LogP contribution in [0.2, 0.25) is 5.02 Å². The van der Waals surface area contributed by atoms with Gasteiger partial charge in [0.05, 0.1) is 31.0 Å². The molecule has 0 bridgehead atoms. The maximum absolute atomic E-state index is 12.7. The van der Waals surface area contributed by atoms with Crippen LogP contribution in [0.4, 0.5) is 22.7 Å². The van der Waals surface area contributed by atoms with E-state index in [1.165, 1.54) is 42.5 Å². The van der Waals surface area contributed by atoms with E-state index >= 15 is 0 Å². The van der Waals surface area contributed by atoms with Gasteiger partial charge in [-0.05, 0) is 30.3 Å². The fraction of sp³-hybridized carbons (Fsp3) is 0. The molecule has 0 saturated heterocycles. The molecular weight excluding hydrogens is 464 g/mol. The number of hydrogen-bond donors (Lipinski definition) is 2. The van der Waals surface area contributed by atoms with Crippen LogP contribution in [0.3, 0.4) is 0 Å². The summed E-state index contributed by atoms with van der Waals surface area (Å²) in [7, 11) is -4.22. The molecule has 0 heterocycles. The van der Waals surface area contributed by atoms with Crippen molar-refractivity contribution in [3.05, 3.63) is 97.5 Å². The molecule has 164 valence electrons. The van der Waals surface area contributed by atoms with Crippen molar-refractivity contribution in [2.45, 2.75) is 4.90 Å². The number of carbonyl (C=O) groups excluding carboxylic acids is 1. The first-order valence-corrected chi connectivity index (χ1v) is 10.6. The normalized spacial score (nSPS) is 10.9. The van der Waals surface area contributed by atoms with Crippen LogP contribution in [-0.4, -0.2) is 24.2 Å². The van der Waals surface area contributed by atoms with Crippen molar-refractivity contribution in [3.63, 3.8) is 0 Å². The molecule has 0 aliphatic rings. The summed E-state index contributed by atoms with van der Waals surface area (Å²) in [5, 5.41) is 24.1. The number of amides is 1. The highest BCUT2D eigenvalue weighted by Crippen LogP contribution is 2.25. The van der Waals surface area contributed by atoms with Crippen molar-refractivity contribution in [2.24, 2.45) is 0 Å². The van der Waals surface area contributed by atoms with Crippen molar-refractivity contribution in [2.75, 3.05) is 10.0 Å². The Labute approximate surface area is 186 Å². The van der Waals surface area contributed by atoms with Crippen molar-refractivity contribution < 1.29 is 23.1 Å². The van der Waals surface area contributed by atoms with Gasteiger partial charge in [0.15, 0.2) is 0 Å². The van der Waals surface area contributed by atoms with E-state index in [0.717, 1.165) is 24.3 Å². The van der Waals surface area contributed by atoms with Gasteiger partial charge in [0, 0.05) is 30.0 Å². The standard InChI is InChI=1S/C19H13ClN4O7S/c20-18-8-7-16(32(30,31)22-13-4-2-6-15(10-13)24(28)29)11-17(18)19(25)21-12-3-1-5-14(9-12)23(26)27/h1-11,22H,(H,21,25). The van der Waals surface area contributed by atoms with Gasteiger partial charge in [-0.3, -0.25) is 29.7 Å². The second-order valence-electron chi connectivity index (χ2n) is 6.32. The zero-order valence-electron chi connectivity index (χ0n) is 15.9. The summed E-state index contributed by atoms with van der Waals surface area (Å²) in [6, 6.07) is 13.5. The van der Waals surface area contributed by atoms with Gasteiger partial charge in [-0.25, -0.2) is 8.42 Å². The lowest BCUT2D eigenvalue weighted by atomic mass is 10.2. The van der Waals surface area contributed by atoms with E-state index in [-0.39, 0.29) is 38.2 Å². The second-order valence-corrected chi connectivity index (χ2v) is 8.41. The number of non-ortho nitro benzene ring substituents is 2. The van der Waals surface area contributed by atoms with E-state index in [9.17, 15) is 33.4 Å². The lowest BCUT2D eigenvalue weighted by Crippen LogP contribution is -2.16. The molecule has 0 unspecified atom stereocenters. The molecular formula is C19H13ClN4O7S. The summed E-state index contributed by atoms with van der Waals surface area (Å²) >= 11 is 6.05. The molecule has 0 fully saturated rings. The molecule has 0 saturated carbocycles. The largest absolute Gasteiger partial charge is 0.322 e. The molecule has 0 aliphatic carbocycles. The van der Waals surface area contributed by atoms with Crippen LogP contribution in [0.1, 0.15) is 10.4 Å². The minimum absolute atomic E-state index is 0.0447. The number of sulfonamides is 1. The van der Waals surface area contributed by atoms with Gasteiger partial charge in [0.1, 0.15) is 0 Å². The van der Waals surface area contributed by atoms with Gasteiger partial charge in [0.2, 0.25) is 0 Å². The van der Waals surface area contributed by atoms with E-state index in [0.29, 0.717) is 0 Å². The Bertz CT molecular complexity index is 1350. The zero-order valence-corrected chi connectivity index (χ0v) is 17.5. The summed E-state index contributed by atoms with van der Waals surface area (Å²) in [6.07, 6.45) is 0. The van der Waals surface area contributed by atoms with Gasteiger partial charge in [-0.2, -0.15) is 0 Å². The SMILES string of the molecule is O=C(Nc1cccc([N+](=O)[O-])c1)c1cc(S(=O)(=O)Nc2cccc([N+](=O)[O-])c2)ccc1Cl. The number of nitro benzene ring substituents is 2. The molecule has 11 nitrogen and oxygen atoms in total. The average molecular weight is 477 g/mol. The molecule has 2 N–H and O–H groups in total. The minimum Gasteiger partial charge on any atom is -0.322 e. The quantitative estimate of drug-likeness (QED) is 0.381.